The molecule has 3 rings (SSSR count). The monoisotopic (exact) mass is 307 g/mol. The number of aliphatic hydroxyl groups is 1. The predicted molar refractivity (Wildman–Crippen MR) is 74.6 cm³/mol. The highest BCUT2D eigenvalue weighted by atomic mass is 16.7. The molecule has 2 aliphatic heterocycles. The van der Waals surface area contributed by atoms with E-state index in [4.69, 9.17) is 24.5 Å². The molecule has 0 aromatic heterocycles. The minimum absolute atomic E-state index is 0.258. The smallest absolute Gasteiger partial charge is 0.184 e. The van der Waals surface area contributed by atoms with E-state index in [9.17, 15) is 5.11 Å². The number of benzene rings is 1. The maximum atomic E-state index is 10.2. The van der Waals surface area contributed by atoms with Gasteiger partial charge in [-0.3, -0.25) is 0 Å². The van der Waals surface area contributed by atoms with Crippen LogP contribution in [-0.4, -0.2) is 49.5 Å². The minimum Gasteiger partial charge on any atom is -0.387 e. The van der Waals surface area contributed by atoms with Crippen LogP contribution < -0.4 is 0 Å². The average molecular weight is 307 g/mol. The number of hydrogen-bond acceptors (Lipinski definition) is 6. The SMILES string of the molecule is CO[C@@H]1O[C@@H]2CO[C@H](c3ccccc3)O[C@@H]2[C@H](N=[N+]=[N-])[C@@H]1O. The summed E-state index contributed by atoms with van der Waals surface area (Å²) in [4.78, 5) is 2.80. The first-order chi connectivity index (χ1) is 10.7. The van der Waals surface area contributed by atoms with E-state index in [-0.39, 0.29) is 6.61 Å². The maximum Gasteiger partial charge on any atom is 0.184 e. The minimum atomic E-state index is -1.10. The van der Waals surface area contributed by atoms with E-state index in [1.165, 1.54) is 7.11 Å². The lowest BCUT2D eigenvalue weighted by atomic mass is 9.96. The van der Waals surface area contributed by atoms with Crippen molar-refractivity contribution in [3.63, 3.8) is 0 Å². The van der Waals surface area contributed by atoms with Gasteiger partial charge in [0.25, 0.3) is 0 Å². The molecule has 0 amide bonds. The summed E-state index contributed by atoms with van der Waals surface area (Å²) < 4.78 is 22.2. The fourth-order valence-corrected chi connectivity index (χ4v) is 2.75. The van der Waals surface area contributed by atoms with Crippen LogP contribution in [0.3, 0.4) is 0 Å². The molecule has 0 saturated carbocycles. The van der Waals surface area contributed by atoms with Gasteiger partial charge in [-0.15, -0.1) is 0 Å². The summed E-state index contributed by atoms with van der Waals surface area (Å²) in [5.74, 6) is 0. The summed E-state index contributed by atoms with van der Waals surface area (Å²) in [7, 11) is 1.42. The van der Waals surface area contributed by atoms with Gasteiger partial charge in [0, 0.05) is 17.6 Å². The normalized spacial score (nSPS) is 37.9. The van der Waals surface area contributed by atoms with E-state index in [2.05, 4.69) is 10.0 Å². The van der Waals surface area contributed by atoms with E-state index in [0.717, 1.165) is 5.56 Å². The summed E-state index contributed by atoms with van der Waals surface area (Å²) in [6.07, 6.45) is -3.64. The quantitative estimate of drug-likeness (QED) is 0.517. The standard InChI is InChI=1S/C14H17N3O5/c1-19-14-11(18)10(16-17-15)12-9(21-14)7-20-13(22-12)8-5-3-2-4-6-8/h2-6,9-14,18H,7H2,1H3/t9-,10-,11+,12+,13+,14-/m1/s1. The summed E-state index contributed by atoms with van der Waals surface area (Å²) in [6, 6.07) is 8.62. The molecule has 0 unspecified atom stereocenters. The summed E-state index contributed by atoms with van der Waals surface area (Å²) >= 11 is 0. The van der Waals surface area contributed by atoms with Crippen LogP contribution in [0, 0.1) is 0 Å². The van der Waals surface area contributed by atoms with E-state index < -0.39 is 36.9 Å². The van der Waals surface area contributed by atoms with Crippen LogP contribution in [0.25, 0.3) is 10.4 Å². The fourth-order valence-electron chi connectivity index (χ4n) is 2.75. The molecule has 6 atom stereocenters. The van der Waals surface area contributed by atoms with E-state index in [1.807, 2.05) is 30.3 Å². The zero-order valence-corrected chi connectivity index (χ0v) is 12.0. The highest BCUT2D eigenvalue weighted by Crippen LogP contribution is 2.35. The van der Waals surface area contributed by atoms with Crippen molar-refractivity contribution >= 4 is 0 Å². The van der Waals surface area contributed by atoms with Gasteiger partial charge in [-0.25, -0.2) is 0 Å². The summed E-state index contributed by atoms with van der Waals surface area (Å²) in [5.41, 5.74) is 9.60. The topological polar surface area (TPSA) is 106 Å². The van der Waals surface area contributed by atoms with Crippen molar-refractivity contribution < 1.29 is 24.1 Å². The van der Waals surface area contributed by atoms with Crippen molar-refractivity contribution in [3.05, 3.63) is 46.3 Å². The maximum absolute atomic E-state index is 10.2. The lowest BCUT2D eigenvalue weighted by molar-refractivity contribution is -0.337. The number of methoxy groups -OCH3 is 1. The van der Waals surface area contributed by atoms with Crippen LogP contribution in [0.2, 0.25) is 0 Å². The Kier molecular flexibility index (Phi) is 4.58. The first kappa shape index (κ1) is 15.2. The third-order valence-corrected chi connectivity index (χ3v) is 3.82. The van der Waals surface area contributed by atoms with Gasteiger partial charge in [0.2, 0.25) is 0 Å². The second kappa shape index (κ2) is 6.62. The van der Waals surface area contributed by atoms with Crippen molar-refractivity contribution in [1.82, 2.24) is 0 Å². The number of hydrogen-bond donors (Lipinski definition) is 1. The molecule has 22 heavy (non-hydrogen) atoms. The number of aliphatic hydroxyl groups excluding tert-OH is 1. The molecule has 0 bridgehead atoms. The molecular weight excluding hydrogens is 290 g/mol. The van der Waals surface area contributed by atoms with Crippen LogP contribution in [-0.2, 0) is 18.9 Å². The van der Waals surface area contributed by atoms with Crippen LogP contribution in [0.1, 0.15) is 11.9 Å². The predicted octanol–water partition coefficient (Wildman–Crippen LogP) is 1.51. The largest absolute Gasteiger partial charge is 0.387 e. The zero-order valence-electron chi connectivity index (χ0n) is 12.0. The van der Waals surface area contributed by atoms with Crippen LogP contribution in [0.4, 0.5) is 0 Å². The number of rotatable bonds is 3. The van der Waals surface area contributed by atoms with Crippen molar-refractivity contribution in [2.24, 2.45) is 5.11 Å². The summed E-state index contributed by atoms with van der Waals surface area (Å²) in [5, 5.41) is 13.9. The van der Waals surface area contributed by atoms with Gasteiger partial charge >= 0.3 is 0 Å². The molecule has 1 aromatic carbocycles. The fraction of sp³-hybridized carbons (Fsp3) is 0.571. The molecule has 2 saturated heterocycles. The van der Waals surface area contributed by atoms with Crippen LogP contribution in [0.15, 0.2) is 35.4 Å². The molecule has 0 radical (unpaired) electrons. The molecule has 1 aromatic rings. The van der Waals surface area contributed by atoms with Crippen molar-refractivity contribution in [2.75, 3.05) is 13.7 Å². The number of nitrogens with zero attached hydrogens (tertiary/aromatic N) is 3. The molecule has 2 aliphatic rings. The van der Waals surface area contributed by atoms with Gasteiger partial charge in [0.05, 0.1) is 12.6 Å². The first-order valence-corrected chi connectivity index (χ1v) is 6.97. The van der Waals surface area contributed by atoms with Gasteiger partial charge < -0.3 is 24.1 Å². The lowest BCUT2D eigenvalue weighted by Crippen LogP contribution is -2.61. The van der Waals surface area contributed by atoms with Crippen molar-refractivity contribution in [1.29, 1.82) is 0 Å². The van der Waals surface area contributed by atoms with Crippen LogP contribution in [0.5, 0.6) is 0 Å². The number of ether oxygens (including phenoxy) is 4. The highest BCUT2D eigenvalue weighted by Gasteiger charge is 2.49. The van der Waals surface area contributed by atoms with E-state index >= 15 is 0 Å². The average Bonchev–Trinajstić information content (AvgIpc) is 2.57. The summed E-state index contributed by atoms with van der Waals surface area (Å²) in [6.45, 7) is 0.258. The molecule has 2 heterocycles. The molecule has 1 N–H and O–H groups in total. The molecule has 2 fully saturated rings. The zero-order chi connectivity index (χ0) is 15.5. The molecule has 0 spiro atoms. The molecule has 8 nitrogen and oxygen atoms in total. The second-order valence-electron chi connectivity index (χ2n) is 5.14. The Morgan fingerprint density at radius 2 is 2.09 bits per heavy atom. The lowest BCUT2D eigenvalue weighted by Gasteiger charge is -2.46. The Bertz CT molecular complexity index is 551. The second-order valence-corrected chi connectivity index (χ2v) is 5.14. The molecule has 8 heteroatoms. The molecular formula is C14H17N3O5. The first-order valence-electron chi connectivity index (χ1n) is 6.97. The number of fused-ring (bicyclic) bond motifs is 1. The van der Waals surface area contributed by atoms with Crippen LogP contribution >= 0.6 is 0 Å². The third-order valence-electron chi connectivity index (χ3n) is 3.82. The van der Waals surface area contributed by atoms with Gasteiger partial charge in [-0.2, -0.15) is 0 Å². The van der Waals surface area contributed by atoms with Crippen molar-refractivity contribution in [2.45, 2.75) is 36.9 Å². The molecule has 0 aliphatic carbocycles. The Balaban J connectivity index is 1.82. The highest BCUT2D eigenvalue weighted by molar-refractivity contribution is 5.16. The Hall–Kier alpha value is -1.67. The Morgan fingerprint density at radius 3 is 2.77 bits per heavy atom. The van der Waals surface area contributed by atoms with Gasteiger partial charge in [0.15, 0.2) is 12.6 Å². The van der Waals surface area contributed by atoms with E-state index in [0.29, 0.717) is 0 Å². The van der Waals surface area contributed by atoms with Gasteiger partial charge in [0.1, 0.15) is 18.3 Å². The van der Waals surface area contributed by atoms with E-state index in [1.54, 1.807) is 0 Å². The van der Waals surface area contributed by atoms with Gasteiger partial charge in [-0.05, 0) is 5.53 Å². The Morgan fingerprint density at radius 1 is 1.32 bits per heavy atom. The number of azide groups is 1. The Labute approximate surface area is 127 Å². The van der Waals surface area contributed by atoms with Crippen molar-refractivity contribution in [3.8, 4) is 0 Å². The van der Waals surface area contributed by atoms with Gasteiger partial charge in [-0.1, -0.05) is 35.4 Å². The third kappa shape index (κ3) is 2.80. The molecule has 118 valence electrons.